The molecule has 0 saturated heterocycles. The molecule has 1 atom stereocenters. The maximum Gasteiger partial charge on any atom is 0.247 e. The minimum Gasteiger partial charge on any atom is -0.447 e. The highest BCUT2D eigenvalue weighted by molar-refractivity contribution is 7.98. The van der Waals surface area contributed by atoms with Crippen molar-refractivity contribution in [3.8, 4) is 17.1 Å². The number of aromatic nitrogens is 3. The van der Waals surface area contributed by atoms with Gasteiger partial charge in [0.25, 0.3) is 0 Å². The number of thioether (sulfide) groups is 1. The normalized spacial score (nSPS) is 15.3. The molecule has 0 aliphatic carbocycles. The standard InChI is InChI=1S/C19H14Cl2N4O2S/c1-10(26)25-15-6-4-3-5-13(15)16-17(22-19(28-2)24-23-16)27-18(25)12-8-7-11(20)9-14(12)21/h3-9,18H,1-2H3/t18-/m1/s1. The van der Waals surface area contributed by atoms with Crippen molar-refractivity contribution in [3.05, 3.63) is 58.1 Å². The summed E-state index contributed by atoms with van der Waals surface area (Å²) in [6.07, 6.45) is 1.01. The Hall–Kier alpha value is -2.35. The number of halogens is 2. The summed E-state index contributed by atoms with van der Waals surface area (Å²) in [7, 11) is 0. The molecule has 1 aliphatic heterocycles. The molecule has 0 saturated carbocycles. The fraction of sp³-hybridized carbons (Fsp3) is 0.158. The topological polar surface area (TPSA) is 68.2 Å². The molecule has 1 amide bonds. The van der Waals surface area contributed by atoms with E-state index in [-0.39, 0.29) is 11.8 Å². The van der Waals surface area contributed by atoms with Crippen molar-refractivity contribution in [1.82, 2.24) is 15.2 Å². The molecule has 2 heterocycles. The van der Waals surface area contributed by atoms with Crippen LogP contribution in [0, 0.1) is 0 Å². The molecule has 3 aromatic rings. The van der Waals surface area contributed by atoms with E-state index in [1.807, 2.05) is 30.5 Å². The van der Waals surface area contributed by atoms with E-state index in [2.05, 4.69) is 15.2 Å². The summed E-state index contributed by atoms with van der Waals surface area (Å²) in [6.45, 7) is 1.47. The molecule has 1 aromatic heterocycles. The Morgan fingerprint density at radius 1 is 1.18 bits per heavy atom. The molecule has 4 rings (SSSR count). The number of nitrogens with zero attached hydrogens (tertiary/aromatic N) is 4. The van der Waals surface area contributed by atoms with E-state index >= 15 is 0 Å². The zero-order chi connectivity index (χ0) is 19.8. The molecular formula is C19H14Cl2N4O2S. The second-order valence-corrected chi connectivity index (χ2v) is 7.61. The lowest BCUT2D eigenvalue weighted by Crippen LogP contribution is -2.36. The minimum atomic E-state index is -0.837. The molecule has 0 radical (unpaired) electrons. The maximum atomic E-state index is 12.7. The van der Waals surface area contributed by atoms with Crippen molar-refractivity contribution < 1.29 is 9.53 Å². The van der Waals surface area contributed by atoms with Crippen LogP contribution in [0.25, 0.3) is 11.3 Å². The number of carbonyl (C=O) groups excluding carboxylic acids is 1. The lowest BCUT2D eigenvalue weighted by Gasteiger charge is -2.30. The zero-order valence-electron chi connectivity index (χ0n) is 14.9. The molecule has 0 unspecified atom stereocenters. The number of carbonyl (C=O) groups is 1. The van der Waals surface area contributed by atoms with E-state index in [0.29, 0.717) is 37.7 Å². The van der Waals surface area contributed by atoms with Crippen LogP contribution in [0.4, 0.5) is 5.69 Å². The number of anilines is 1. The number of benzene rings is 2. The molecule has 0 N–H and O–H groups in total. The molecule has 1 aliphatic rings. The van der Waals surface area contributed by atoms with Gasteiger partial charge in [0.2, 0.25) is 23.2 Å². The highest BCUT2D eigenvalue weighted by atomic mass is 35.5. The lowest BCUT2D eigenvalue weighted by molar-refractivity contribution is -0.118. The molecule has 9 heteroatoms. The van der Waals surface area contributed by atoms with Crippen LogP contribution >= 0.6 is 35.0 Å². The van der Waals surface area contributed by atoms with Gasteiger partial charge in [0.15, 0.2) is 5.69 Å². The highest BCUT2D eigenvalue weighted by Crippen LogP contribution is 2.44. The number of fused-ring (bicyclic) bond motifs is 3. The van der Waals surface area contributed by atoms with Crippen LogP contribution in [0.1, 0.15) is 18.7 Å². The first-order valence-electron chi connectivity index (χ1n) is 8.29. The first-order chi connectivity index (χ1) is 13.5. The fourth-order valence-electron chi connectivity index (χ4n) is 3.04. The Balaban J connectivity index is 1.99. The van der Waals surface area contributed by atoms with Crippen LogP contribution in [0.3, 0.4) is 0 Å². The molecule has 28 heavy (non-hydrogen) atoms. The van der Waals surface area contributed by atoms with Crippen LogP contribution in [0.2, 0.25) is 10.0 Å². The molecule has 0 spiro atoms. The fourth-order valence-corrected chi connectivity index (χ4v) is 3.84. The van der Waals surface area contributed by atoms with E-state index in [9.17, 15) is 4.79 Å². The average molecular weight is 433 g/mol. The summed E-state index contributed by atoms with van der Waals surface area (Å²) in [5, 5.41) is 9.77. The Bertz CT molecular complexity index is 1080. The van der Waals surface area contributed by atoms with Gasteiger partial charge in [-0.25, -0.2) is 0 Å². The molecule has 0 fully saturated rings. The van der Waals surface area contributed by atoms with Crippen LogP contribution in [-0.4, -0.2) is 27.3 Å². The van der Waals surface area contributed by atoms with Crippen LogP contribution in [0.15, 0.2) is 47.6 Å². The predicted octanol–water partition coefficient (Wildman–Crippen LogP) is 5.01. The van der Waals surface area contributed by atoms with E-state index in [4.69, 9.17) is 27.9 Å². The second kappa shape index (κ2) is 7.58. The van der Waals surface area contributed by atoms with Crippen molar-refractivity contribution in [1.29, 1.82) is 0 Å². The Morgan fingerprint density at radius 2 is 1.96 bits per heavy atom. The van der Waals surface area contributed by atoms with Gasteiger partial charge < -0.3 is 4.74 Å². The van der Waals surface area contributed by atoms with Crippen molar-refractivity contribution in [2.75, 3.05) is 11.2 Å². The van der Waals surface area contributed by atoms with Crippen LogP contribution in [-0.2, 0) is 4.79 Å². The second-order valence-electron chi connectivity index (χ2n) is 5.99. The van der Waals surface area contributed by atoms with Gasteiger partial charge in [0.1, 0.15) is 0 Å². The molecular weight excluding hydrogens is 419 g/mol. The molecule has 6 nitrogen and oxygen atoms in total. The average Bonchev–Trinajstić information content (AvgIpc) is 2.81. The van der Waals surface area contributed by atoms with Crippen molar-refractivity contribution in [2.45, 2.75) is 18.3 Å². The first kappa shape index (κ1) is 19.0. The van der Waals surface area contributed by atoms with Crippen LogP contribution in [0.5, 0.6) is 5.88 Å². The maximum absolute atomic E-state index is 12.7. The Kier molecular flexibility index (Phi) is 5.14. The van der Waals surface area contributed by atoms with Gasteiger partial charge >= 0.3 is 0 Å². The number of rotatable bonds is 2. The van der Waals surface area contributed by atoms with Gasteiger partial charge in [-0.05, 0) is 24.5 Å². The summed E-state index contributed by atoms with van der Waals surface area (Å²) in [5.74, 6) is 0.0703. The third kappa shape index (κ3) is 3.30. The number of ether oxygens (including phenoxy) is 1. The van der Waals surface area contributed by atoms with Gasteiger partial charge in [-0.3, -0.25) is 9.69 Å². The first-order valence-corrected chi connectivity index (χ1v) is 10.3. The van der Waals surface area contributed by atoms with E-state index < -0.39 is 6.23 Å². The van der Waals surface area contributed by atoms with Crippen LogP contribution < -0.4 is 9.64 Å². The summed E-state index contributed by atoms with van der Waals surface area (Å²) < 4.78 is 6.21. The number of hydrogen-bond acceptors (Lipinski definition) is 6. The summed E-state index contributed by atoms with van der Waals surface area (Å²) in [6, 6.07) is 12.4. The highest BCUT2D eigenvalue weighted by Gasteiger charge is 2.35. The Morgan fingerprint density at radius 3 is 2.68 bits per heavy atom. The summed E-state index contributed by atoms with van der Waals surface area (Å²) in [5.41, 5.74) is 2.39. The van der Waals surface area contributed by atoms with Gasteiger partial charge in [0, 0.05) is 23.1 Å². The van der Waals surface area contributed by atoms with Gasteiger partial charge in [-0.2, -0.15) is 4.98 Å². The molecule has 142 valence electrons. The summed E-state index contributed by atoms with van der Waals surface area (Å²) in [4.78, 5) is 18.7. The van der Waals surface area contributed by atoms with Crippen molar-refractivity contribution >= 4 is 46.6 Å². The Labute approximate surface area is 175 Å². The minimum absolute atomic E-state index is 0.214. The smallest absolute Gasteiger partial charge is 0.247 e. The van der Waals surface area contributed by atoms with Crippen molar-refractivity contribution in [2.24, 2.45) is 0 Å². The third-order valence-electron chi connectivity index (χ3n) is 4.26. The quantitative estimate of drug-likeness (QED) is 0.530. The van der Waals surface area contributed by atoms with Gasteiger partial charge in [0.05, 0.1) is 10.7 Å². The monoisotopic (exact) mass is 432 g/mol. The SMILES string of the molecule is CSc1nnc2c(n1)O[C@H](c1ccc(Cl)cc1Cl)N(C(C)=O)c1ccccc1-2. The predicted molar refractivity (Wildman–Crippen MR) is 110 cm³/mol. The number of amides is 1. The largest absolute Gasteiger partial charge is 0.447 e. The lowest BCUT2D eigenvalue weighted by atomic mass is 10.1. The van der Waals surface area contributed by atoms with E-state index in [1.165, 1.54) is 23.6 Å². The molecule has 2 aromatic carbocycles. The van der Waals surface area contributed by atoms with Gasteiger partial charge in [-0.1, -0.05) is 59.2 Å². The number of para-hydroxylation sites is 1. The van der Waals surface area contributed by atoms with Crippen molar-refractivity contribution in [3.63, 3.8) is 0 Å². The zero-order valence-corrected chi connectivity index (χ0v) is 17.2. The number of hydrogen-bond donors (Lipinski definition) is 0. The molecule has 0 bridgehead atoms. The summed E-state index contributed by atoms with van der Waals surface area (Å²) >= 11 is 13.8. The van der Waals surface area contributed by atoms with Gasteiger partial charge in [-0.15, -0.1) is 10.2 Å². The van der Waals surface area contributed by atoms with E-state index in [1.54, 1.807) is 18.2 Å². The van der Waals surface area contributed by atoms with E-state index in [0.717, 1.165) is 0 Å². The third-order valence-corrected chi connectivity index (χ3v) is 5.36.